The molecule has 4 fully saturated rings. The summed E-state index contributed by atoms with van der Waals surface area (Å²) in [6, 6.07) is 6.17. The van der Waals surface area contributed by atoms with Crippen LogP contribution in [0.25, 0.3) is 11.1 Å². The molecule has 4 aliphatic rings. The zero-order valence-corrected chi connectivity index (χ0v) is 17.0. The Morgan fingerprint density at radius 1 is 1.06 bits per heavy atom. The third-order valence-corrected chi connectivity index (χ3v) is 7.50. The maximum absolute atomic E-state index is 15.3. The van der Waals surface area contributed by atoms with Crippen LogP contribution in [0.3, 0.4) is 0 Å². The number of amides is 1. The summed E-state index contributed by atoms with van der Waals surface area (Å²) in [5.41, 5.74) is -0.769. The zero-order valence-electron chi connectivity index (χ0n) is 17.0. The quantitative estimate of drug-likeness (QED) is 0.573. The second-order valence-corrected chi connectivity index (χ2v) is 9.42. The molecule has 2 aromatic rings. The van der Waals surface area contributed by atoms with Gasteiger partial charge in [0.15, 0.2) is 0 Å². The molecule has 0 unspecified atom stereocenters. The Kier molecular flexibility index (Phi) is 4.47. The Balaban J connectivity index is 1.47. The van der Waals surface area contributed by atoms with Gasteiger partial charge in [-0.05, 0) is 55.4 Å². The van der Waals surface area contributed by atoms with Crippen LogP contribution >= 0.6 is 0 Å². The highest BCUT2D eigenvalue weighted by atomic mass is 19.3. The second-order valence-electron chi connectivity index (χ2n) is 9.42. The van der Waals surface area contributed by atoms with Crippen molar-refractivity contribution in [2.24, 2.45) is 17.3 Å². The van der Waals surface area contributed by atoms with Gasteiger partial charge in [0.2, 0.25) is 5.91 Å². The number of benzene rings is 2. The molecule has 164 valence electrons. The van der Waals surface area contributed by atoms with Gasteiger partial charge in [-0.1, -0.05) is 25.1 Å². The van der Waals surface area contributed by atoms with Gasteiger partial charge in [-0.15, -0.1) is 0 Å². The molecular formula is C24H22F5NO. The molecule has 2 bridgehead atoms. The number of hydrogen-bond donors (Lipinski definition) is 0. The van der Waals surface area contributed by atoms with Crippen molar-refractivity contribution >= 4 is 5.91 Å². The molecule has 2 nitrogen and oxygen atoms in total. The summed E-state index contributed by atoms with van der Waals surface area (Å²) >= 11 is 0. The van der Waals surface area contributed by atoms with Gasteiger partial charge in [-0.25, -0.2) is 22.0 Å². The van der Waals surface area contributed by atoms with Crippen molar-refractivity contribution in [1.82, 2.24) is 4.90 Å². The first-order valence-corrected chi connectivity index (χ1v) is 10.5. The largest absolute Gasteiger partial charge is 0.332 e. The van der Waals surface area contributed by atoms with Crippen molar-refractivity contribution in [1.29, 1.82) is 0 Å². The Bertz CT molecular complexity index is 1050. The minimum absolute atomic E-state index is 0.103. The standard InChI is InChI=1S/C24H22F5NO/c1-13-20(30(12-24(13,28)29)22(31)23-9-14(10-23)11-23)7-15-3-2-4-17(21(15)27)18-8-16(25)5-6-19(18)26/h2-6,8,13-14,20H,7,9-12H2,1H3/t13-,14?,20+,23?/m1/s1. The summed E-state index contributed by atoms with van der Waals surface area (Å²) in [4.78, 5) is 14.3. The Hall–Kier alpha value is -2.44. The highest BCUT2D eigenvalue weighted by Gasteiger charge is 2.65. The molecule has 3 aliphatic carbocycles. The van der Waals surface area contributed by atoms with Crippen LogP contribution in [0, 0.1) is 34.7 Å². The molecule has 1 amide bonds. The van der Waals surface area contributed by atoms with E-state index in [4.69, 9.17) is 0 Å². The molecule has 0 radical (unpaired) electrons. The van der Waals surface area contributed by atoms with Gasteiger partial charge in [-0.3, -0.25) is 4.79 Å². The number of nitrogens with zero attached hydrogens (tertiary/aromatic N) is 1. The van der Waals surface area contributed by atoms with Crippen molar-refractivity contribution in [2.75, 3.05) is 6.54 Å². The van der Waals surface area contributed by atoms with Crippen molar-refractivity contribution < 1.29 is 26.7 Å². The van der Waals surface area contributed by atoms with E-state index < -0.39 is 47.3 Å². The molecule has 0 aromatic heterocycles. The van der Waals surface area contributed by atoms with E-state index in [0.29, 0.717) is 5.92 Å². The number of carbonyl (C=O) groups excluding carboxylic acids is 1. The van der Waals surface area contributed by atoms with Gasteiger partial charge >= 0.3 is 0 Å². The van der Waals surface area contributed by atoms with Crippen LogP contribution in [0.4, 0.5) is 22.0 Å². The van der Waals surface area contributed by atoms with Crippen molar-refractivity contribution in [2.45, 2.75) is 44.6 Å². The van der Waals surface area contributed by atoms with E-state index in [-0.39, 0.29) is 29.0 Å². The van der Waals surface area contributed by atoms with Gasteiger partial charge in [0, 0.05) is 23.1 Å². The number of carbonyl (C=O) groups is 1. The molecule has 3 saturated carbocycles. The normalized spacial score (nSPS) is 30.6. The summed E-state index contributed by atoms with van der Waals surface area (Å²) in [7, 11) is 0. The fourth-order valence-electron chi connectivity index (χ4n) is 5.47. The number of alkyl halides is 2. The lowest BCUT2D eigenvalue weighted by Crippen LogP contribution is -2.62. The Morgan fingerprint density at radius 3 is 2.42 bits per heavy atom. The average Bonchev–Trinajstić information content (AvgIpc) is 2.86. The zero-order chi connectivity index (χ0) is 22.1. The molecule has 6 rings (SSSR count). The van der Waals surface area contributed by atoms with E-state index in [1.165, 1.54) is 30.0 Å². The lowest BCUT2D eigenvalue weighted by atomic mass is 9.44. The van der Waals surface area contributed by atoms with E-state index in [2.05, 4.69) is 0 Å². The molecule has 7 heteroatoms. The maximum atomic E-state index is 15.3. The van der Waals surface area contributed by atoms with E-state index in [9.17, 15) is 22.4 Å². The third-order valence-electron chi connectivity index (χ3n) is 7.50. The van der Waals surface area contributed by atoms with Crippen molar-refractivity contribution in [3.8, 4) is 11.1 Å². The third kappa shape index (κ3) is 3.07. The molecule has 1 saturated heterocycles. The van der Waals surface area contributed by atoms with Crippen LogP contribution in [-0.2, 0) is 11.2 Å². The summed E-state index contributed by atoms with van der Waals surface area (Å²) in [5, 5.41) is 0. The van der Waals surface area contributed by atoms with Gasteiger partial charge in [0.1, 0.15) is 17.5 Å². The monoisotopic (exact) mass is 435 g/mol. The van der Waals surface area contributed by atoms with Crippen LogP contribution in [-0.4, -0.2) is 29.3 Å². The van der Waals surface area contributed by atoms with Crippen molar-refractivity contribution in [3.63, 3.8) is 0 Å². The highest BCUT2D eigenvalue weighted by molar-refractivity contribution is 5.86. The predicted octanol–water partition coefficient (Wildman–Crippen LogP) is 5.60. The molecular weight excluding hydrogens is 413 g/mol. The van der Waals surface area contributed by atoms with Gasteiger partial charge < -0.3 is 4.90 Å². The Morgan fingerprint density at radius 2 is 1.77 bits per heavy atom. The van der Waals surface area contributed by atoms with E-state index in [1.54, 1.807) is 0 Å². The molecule has 31 heavy (non-hydrogen) atoms. The van der Waals surface area contributed by atoms with Gasteiger partial charge in [0.05, 0.1) is 12.0 Å². The van der Waals surface area contributed by atoms with Crippen LogP contribution in [0.1, 0.15) is 31.7 Å². The summed E-state index contributed by atoms with van der Waals surface area (Å²) < 4.78 is 72.3. The number of likely N-dealkylation sites (tertiary alicyclic amines) is 1. The predicted molar refractivity (Wildman–Crippen MR) is 105 cm³/mol. The number of halogens is 5. The second kappa shape index (κ2) is 6.78. The molecule has 0 spiro atoms. The first-order valence-electron chi connectivity index (χ1n) is 10.5. The summed E-state index contributed by atoms with van der Waals surface area (Å²) in [5.74, 6) is -6.20. The van der Waals surface area contributed by atoms with E-state index in [0.717, 1.165) is 37.5 Å². The lowest BCUT2D eigenvalue weighted by molar-refractivity contribution is -0.178. The molecule has 1 aliphatic heterocycles. The summed E-state index contributed by atoms with van der Waals surface area (Å²) in [6.07, 6.45) is 2.13. The summed E-state index contributed by atoms with van der Waals surface area (Å²) in [6.45, 7) is 0.720. The average molecular weight is 435 g/mol. The van der Waals surface area contributed by atoms with Gasteiger partial charge in [-0.2, -0.15) is 0 Å². The first kappa shape index (κ1) is 20.5. The van der Waals surface area contributed by atoms with E-state index in [1.807, 2.05) is 0 Å². The Labute approximate surface area is 177 Å². The fraction of sp³-hybridized carbons (Fsp3) is 0.458. The fourth-order valence-corrected chi connectivity index (χ4v) is 5.47. The SMILES string of the molecule is C[C@@H]1[C@H](Cc2cccc(-c3cc(F)ccc3F)c2F)N(C(=O)C23CC(C2)C3)CC1(F)F. The topological polar surface area (TPSA) is 20.3 Å². The van der Waals surface area contributed by atoms with Crippen LogP contribution < -0.4 is 0 Å². The maximum Gasteiger partial charge on any atom is 0.269 e. The lowest BCUT2D eigenvalue weighted by Gasteiger charge is -2.61. The molecule has 1 heterocycles. The molecule has 2 atom stereocenters. The first-order chi connectivity index (χ1) is 14.6. The van der Waals surface area contributed by atoms with Crippen LogP contribution in [0.15, 0.2) is 36.4 Å². The molecule has 0 N–H and O–H groups in total. The number of hydrogen-bond acceptors (Lipinski definition) is 1. The molecule has 2 aromatic carbocycles. The smallest absolute Gasteiger partial charge is 0.269 e. The minimum Gasteiger partial charge on any atom is -0.332 e. The minimum atomic E-state index is -3.06. The van der Waals surface area contributed by atoms with Crippen LogP contribution in [0.2, 0.25) is 0 Å². The van der Waals surface area contributed by atoms with Gasteiger partial charge in [0.25, 0.3) is 5.92 Å². The van der Waals surface area contributed by atoms with E-state index >= 15 is 4.39 Å². The number of rotatable bonds is 4. The highest BCUT2D eigenvalue weighted by Crippen LogP contribution is 2.65. The van der Waals surface area contributed by atoms with Crippen molar-refractivity contribution in [3.05, 3.63) is 59.4 Å². The van der Waals surface area contributed by atoms with Crippen LogP contribution in [0.5, 0.6) is 0 Å².